The summed E-state index contributed by atoms with van der Waals surface area (Å²) in [4.78, 5) is 53.3. The van der Waals surface area contributed by atoms with E-state index < -0.39 is 42.3 Å². The van der Waals surface area contributed by atoms with Gasteiger partial charge in [-0.05, 0) is 45.1 Å². The zero-order valence-electron chi connectivity index (χ0n) is 25.1. The Kier molecular flexibility index (Phi) is 13.5. The van der Waals surface area contributed by atoms with Crippen LogP contribution in [0.1, 0.15) is 69.8 Å². The lowest BCUT2D eigenvalue weighted by atomic mass is 9.97. The molecule has 0 heterocycles. The smallest absolute Gasteiger partial charge is 0.408 e. The summed E-state index contributed by atoms with van der Waals surface area (Å²) in [6.45, 7) is 9.30. The predicted octanol–water partition coefficient (Wildman–Crippen LogP) is 5.18. The number of likely N-dealkylation sites (N-methyl/N-ethyl adjacent to an activating group) is 1. The molecule has 0 radical (unpaired) electrons. The number of carbonyl (C=O) groups is 4. The summed E-state index contributed by atoms with van der Waals surface area (Å²) in [6.07, 6.45) is 0.597. The molecule has 0 aliphatic rings. The summed E-state index contributed by atoms with van der Waals surface area (Å²) in [6, 6.07) is 16.3. The third-order valence-electron chi connectivity index (χ3n) is 6.56. The van der Waals surface area contributed by atoms with Crippen molar-refractivity contribution >= 4 is 23.8 Å². The Labute approximate surface area is 243 Å². The lowest BCUT2D eigenvalue weighted by Gasteiger charge is -2.33. The molecule has 0 aromatic heterocycles. The van der Waals surface area contributed by atoms with Crippen molar-refractivity contribution < 1.29 is 33.4 Å². The number of ketones is 1. The number of nitrogens with zero attached hydrogens (tertiary/aromatic N) is 1. The van der Waals surface area contributed by atoms with Crippen molar-refractivity contribution in [1.82, 2.24) is 10.2 Å². The largest absolute Gasteiger partial charge is 0.456 e. The van der Waals surface area contributed by atoms with Crippen molar-refractivity contribution in [3.8, 4) is 0 Å². The molecule has 0 bridgehead atoms. The SMILES string of the molecule is CC[C@@H](C)[C@H](NC(=O)OC(C)(C)C)C(=O)N(C)[C@@H](CCCOCc1ccccc1)C(=O)OCC(=O)c1ccccc1. The Morgan fingerprint density at radius 3 is 2.15 bits per heavy atom. The molecule has 9 heteroatoms. The van der Waals surface area contributed by atoms with Crippen LogP contribution in [0.25, 0.3) is 0 Å². The van der Waals surface area contributed by atoms with Gasteiger partial charge in [0.05, 0.1) is 6.61 Å². The van der Waals surface area contributed by atoms with Gasteiger partial charge in [-0.1, -0.05) is 80.9 Å². The number of carbonyl (C=O) groups excluding carboxylic acids is 4. The molecule has 3 atom stereocenters. The lowest BCUT2D eigenvalue weighted by molar-refractivity contribution is -0.154. The zero-order chi connectivity index (χ0) is 30.4. The molecule has 2 aromatic rings. The average Bonchev–Trinajstić information content (AvgIpc) is 2.95. The number of amides is 2. The molecule has 0 aliphatic heterocycles. The van der Waals surface area contributed by atoms with E-state index in [1.165, 1.54) is 11.9 Å². The fourth-order valence-electron chi connectivity index (χ4n) is 4.04. The average molecular weight is 569 g/mol. The van der Waals surface area contributed by atoms with E-state index in [1.54, 1.807) is 51.1 Å². The van der Waals surface area contributed by atoms with E-state index in [9.17, 15) is 19.2 Å². The van der Waals surface area contributed by atoms with Crippen LogP contribution in [0.4, 0.5) is 4.79 Å². The van der Waals surface area contributed by atoms with E-state index in [0.717, 1.165) is 5.56 Å². The molecule has 0 spiro atoms. The molecular formula is C32H44N2O7. The summed E-state index contributed by atoms with van der Waals surface area (Å²) in [7, 11) is 1.50. The second-order valence-electron chi connectivity index (χ2n) is 11.1. The molecule has 1 N–H and O–H groups in total. The highest BCUT2D eigenvalue weighted by Crippen LogP contribution is 2.17. The van der Waals surface area contributed by atoms with E-state index in [4.69, 9.17) is 14.2 Å². The number of Topliss-reactive ketones (excluding diaryl/α,β-unsaturated/α-hetero) is 1. The molecule has 0 saturated carbocycles. The maximum absolute atomic E-state index is 13.7. The fourth-order valence-corrected chi connectivity index (χ4v) is 4.04. The standard InChI is InChI=1S/C32H44N2O7/c1-7-23(2)28(33-31(38)41-32(3,4)5)29(36)34(6)26(19-14-20-39-21-24-15-10-8-11-16-24)30(37)40-22-27(35)25-17-12-9-13-18-25/h8-13,15-18,23,26,28H,7,14,19-22H2,1-6H3,(H,33,38)/t23-,26+,28+/m1/s1. The second-order valence-corrected chi connectivity index (χ2v) is 11.1. The van der Waals surface area contributed by atoms with Crippen LogP contribution in [-0.4, -0.2) is 66.6 Å². The third-order valence-corrected chi connectivity index (χ3v) is 6.56. The van der Waals surface area contributed by atoms with E-state index in [-0.39, 0.29) is 18.1 Å². The van der Waals surface area contributed by atoms with Crippen LogP contribution in [0.3, 0.4) is 0 Å². The third kappa shape index (κ3) is 11.7. The van der Waals surface area contributed by atoms with Crippen LogP contribution in [-0.2, 0) is 30.4 Å². The highest BCUT2D eigenvalue weighted by Gasteiger charge is 2.36. The van der Waals surface area contributed by atoms with Gasteiger partial charge < -0.3 is 24.4 Å². The van der Waals surface area contributed by atoms with Crippen LogP contribution in [0.5, 0.6) is 0 Å². The van der Waals surface area contributed by atoms with E-state index in [2.05, 4.69) is 5.32 Å². The van der Waals surface area contributed by atoms with Gasteiger partial charge in [-0.25, -0.2) is 9.59 Å². The molecule has 41 heavy (non-hydrogen) atoms. The highest BCUT2D eigenvalue weighted by atomic mass is 16.6. The van der Waals surface area contributed by atoms with E-state index >= 15 is 0 Å². The Morgan fingerprint density at radius 2 is 1.56 bits per heavy atom. The number of hydrogen-bond donors (Lipinski definition) is 1. The number of esters is 1. The van der Waals surface area contributed by atoms with Gasteiger partial charge in [0.15, 0.2) is 12.4 Å². The summed E-state index contributed by atoms with van der Waals surface area (Å²) in [5.41, 5.74) is 0.713. The van der Waals surface area contributed by atoms with E-state index in [1.807, 2.05) is 44.2 Å². The lowest BCUT2D eigenvalue weighted by Crippen LogP contribution is -2.55. The van der Waals surface area contributed by atoms with Gasteiger partial charge in [0.1, 0.15) is 17.7 Å². The fraction of sp³-hybridized carbons (Fsp3) is 0.500. The van der Waals surface area contributed by atoms with Crippen LogP contribution in [0.15, 0.2) is 60.7 Å². The first-order chi connectivity index (χ1) is 19.4. The molecular weight excluding hydrogens is 524 g/mol. The van der Waals surface area contributed by atoms with Gasteiger partial charge in [0, 0.05) is 19.2 Å². The van der Waals surface area contributed by atoms with Crippen LogP contribution in [0, 0.1) is 5.92 Å². The van der Waals surface area contributed by atoms with Gasteiger partial charge in [-0.3, -0.25) is 9.59 Å². The molecule has 0 aliphatic carbocycles. The number of ether oxygens (including phenoxy) is 3. The van der Waals surface area contributed by atoms with Crippen LogP contribution < -0.4 is 5.32 Å². The monoisotopic (exact) mass is 568 g/mol. The minimum atomic E-state index is -0.988. The van der Waals surface area contributed by atoms with Crippen molar-refractivity contribution in [2.45, 2.75) is 78.2 Å². The van der Waals surface area contributed by atoms with Gasteiger partial charge >= 0.3 is 12.1 Å². The first-order valence-corrected chi connectivity index (χ1v) is 14.1. The summed E-state index contributed by atoms with van der Waals surface area (Å²) in [5, 5.41) is 2.68. The number of hydrogen-bond acceptors (Lipinski definition) is 7. The second kappa shape index (κ2) is 16.5. The van der Waals surface area contributed by atoms with Crippen molar-refractivity contribution in [1.29, 1.82) is 0 Å². The van der Waals surface area contributed by atoms with Crippen molar-refractivity contribution in [3.63, 3.8) is 0 Å². The van der Waals surface area contributed by atoms with Crippen LogP contribution in [0.2, 0.25) is 0 Å². The topological polar surface area (TPSA) is 111 Å². The number of nitrogens with one attached hydrogen (secondary N) is 1. The molecule has 0 fully saturated rings. The minimum absolute atomic E-state index is 0.233. The van der Waals surface area contributed by atoms with Gasteiger partial charge in [-0.15, -0.1) is 0 Å². The summed E-state index contributed by atoms with van der Waals surface area (Å²) >= 11 is 0. The highest BCUT2D eigenvalue weighted by molar-refractivity contribution is 5.98. The van der Waals surface area contributed by atoms with Gasteiger partial charge in [0.2, 0.25) is 5.91 Å². The zero-order valence-corrected chi connectivity index (χ0v) is 25.1. The summed E-state index contributed by atoms with van der Waals surface area (Å²) < 4.78 is 16.5. The summed E-state index contributed by atoms with van der Waals surface area (Å²) in [5.74, 6) is -1.73. The number of benzene rings is 2. The molecule has 0 unspecified atom stereocenters. The maximum Gasteiger partial charge on any atom is 0.408 e. The number of alkyl carbamates (subject to hydrolysis) is 1. The minimum Gasteiger partial charge on any atom is -0.456 e. The molecule has 2 amide bonds. The normalized spacial score (nSPS) is 13.4. The molecule has 2 rings (SSSR count). The Hall–Kier alpha value is -3.72. The van der Waals surface area contributed by atoms with Gasteiger partial charge in [0.25, 0.3) is 0 Å². The first-order valence-electron chi connectivity index (χ1n) is 14.1. The van der Waals surface area contributed by atoms with E-state index in [0.29, 0.717) is 31.6 Å². The molecule has 224 valence electrons. The Bertz CT molecular complexity index is 1120. The Balaban J connectivity index is 2.13. The molecule has 2 aromatic carbocycles. The molecule has 9 nitrogen and oxygen atoms in total. The van der Waals surface area contributed by atoms with Gasteiger partial charge in [-0.2, -0.15) is 0 Å². The quantitative estimate of drug-likeness (QED) is 0.179. The van der Waals surface area contributed by atoms with Crippen LogP contribution >= 0.6 is 0 Å². The van der Waals surface area contributed by atoms with Crippen molar-refractivity contribution in [2.24, 2.45) is 5.92 Å². The Morgan fingerprint density at radius 1 is 0.951 bits per heavy atom. The maximum atomic E-state index is 13.7. The van der Waals surface area contributed by atoms with Crippen molar-refractivity contribution in [2.75, 3.05) is 20.3 Å². The number of rotatable bonds is 15. The molecule has 0 saturated heterocycles. The van der Waals surface area contributed by atoms with Crippen molar-refractivity contribution in [3.05, 3.63) is 71.8 Å². The first kappa shape index (κ1) is 33.5. The predicted molar refractivity (Wildman–Crippen MR) is 156 cm³/mol.